The molecule has 0 aromatic carbocycles. The fourth-order valence-corrected chi connectivity index (χ4v) is 0.660. The SMILES string of the molecule is CCCOC(C)OC(=O)/C=C\C(=O)O. The third-order valence-electron chi connectivity index (χ3n) is 1.20. The lowest BCUT2D eigenvalue weighted by Gasteiger charge is -2.11. The van der Waals surface area contributed by atoms with Gasteiger partial charge in [0.15, 0.2) is 6.29 Å². The molecular weight excluding hydrogens is 188 g/mol. The molecule has 0 saturated carbocycles. The maximum atomic E-state index is 10.9. The van der Waals surface area contributed by atoms with E-state index in [1.807, 2.05) is 6.92 Å². The number of aliphatic carboxylic acids is 1. The summed E-state index contributed by atoms with van der Waals surface area (Å²) in [5, 5.41) is 8.21. The molecule has 80 valence electrons. The molecular formula is C9H14O5. The molecule has 0 aromatic heterocycles. The molecule has 0 saturated heterocycles. The van der Waals surface area contributed by atoms with E-state index in [9.17, 15) is 9.59 Å². The summed E-state index contributed by atoms with van der Waals surface area (Å²) in [5.74, 6) is -1.92. The molecule has 0 heterocycles. The number of hydrogen-bond acceptors (Lipinski definition) is 4. The van der Waals surface area contributed by atoms with Gasteiger partial charge >= 0.3 is 11.9 Å². The molecule has 1 unspecified atom stereocenters. The van der Waals surface area contributed by atoms with Crippen LogP contribution >= 0.6 is 0 Å². The molecule has 0 rings (SSSR count). The van der Waals surface area contributed by atoms with Gasteiger partial charge in [-0.15, -0.1) is 0 Å². The molecule has 14 heavy (non-hydrogen) atoms. The third kappa shape index (κ3) is 7.30. The Morgan fingerprint density at radius 2 is 2.07 bits per heavy atom. The number of ether oxygens (including phenoxy) is 2. The van der Waals surface area contributed by atoms with Gasteiger partial charge in [0.1, 0.15) is 0 Å². The van der Waals surface area contributed by atoms with E-state index in [1.165, 1.54) is 0 Å². The second-order valence-electron chi connectivity index (χ2n) is 2.55. The number of hydrogen-bond donors (Lipinski definition) is 1. The zero-order chi connectivity index (χ0) is 11.0. The third-order valence-corrected chi connectivity index (χ3v) is 1.20. The Hall–Kier alpha value is -1.36. The van der Waals surface area contributed by atoms with Crippen molar-refractivity contribution in [3.8, 4) is 0 Å². The summed E-state index contributed by atoms with van der Waals surface area (Å²) in [4.78, 5) is 20.9. The van der Waals surface area contributed by atoms with Crippen LogP contribution in [0.25, 0.3) is 0 Å². The quantitative estimate of drug-likeness (QED) is 0.394. The number of carboxylic acids is 1. The summed E-state index contributed by atoms with van der Waals surface area (Å²) in [5.41, 5.74) is 0. The van der Waals surface area contributed by atoms with Crippen molar-refractivity contribution in [3.63, 3.8) is 0 Å². The largest absolute Gasteiger partial charge is 0.478 e. The van der Waals surface area contributed by atoms with Gasteiger partial charge in [-0.05, 0) is 13.3 Å². The van der Waals surface area contributed by atoms with Crippen molar-refractivity contribution in [2.75, 3.05) is 6.61 Å². The minimum Gasteiger partial charge on any atom is -0.478 e. The van der Waals surface area contributed by atoms with Crippen LogP contribution in [0.1, 0.15) is 20.3 Å². The Kier molecular flexibility index (Phi) is 6.39. The molecule has 1 N–H and O–H groups in total. The minimum atomic E-state index is -1.19. The fraction of sp³-hybridized carbons (Fsp3) is 0.556. The highest BCUT2D eigenvalue weighted by Gasteiger charge is 2.06. The average molecular weight is 202 g/mol. The van der Waals surface area contributed by atoms with Gasteiger partial charge in [0.05, 0.1) is 6.61 Å². The maximum absolute atomic E-state index is 10.9. The Morgan fingerprint density at radius 3 is 2.57 bits per heavy atom. The lowest BCUT2D eigenvalue weighted by molar-refractivity contribution is -0.168. The van der Waals surface area contributed by atoms with Crippen molar-refractivity contribution in [2.24, 2.45) is 0 Å². The Labute approximate surface area is 82.3 Å². The Bertz CT molecular complexity index is 221. The second-order valence-corrected chi connectivity index (χ2v) is 2.55. The summed E-state index contributed by atoms with van der Waals surface area (Å²) in [6.45, 7) is 4.00. The molecule has 5 heteroatoms. The summed E-state index contributed by atoms with van der Waals surface area (Å²) >= 11 is 0. The van der Waals surface area contributed by atoms with Crippen molar-refractivity contribution >= 4 is 11.9 Å². The molecule has 0 radical (unpaired) electrons. The van der Waals surface area contributed by atoms with Gasteiger partial charge in [-0.1, -0.05) is 6.92 Å². The number of esters is 1. The first-order chi connectivity index (χ1) is 6.56. The standard InChI is InChI=1S/C9H14O5/c1-3-6-13-7(2)14-9(12)5-4-8(10)11/h4-5,7H,3,6H2,1-2H3,(H,10,11)/b5-4-. The van der Waals surface area contributed by atoms with Crippen molar-refractivity contribution in [3.05, 3.63) is 12.2 Å². The topological polar surface area (TPSA) is 72.8 Å². The molecule has 0 aliphatic carbocycles. The average Bonchev–Trinajstić information content (AvgIpc) is 2.11. The lowest BCUT2D eigenvalue weighted by Crippen LogP contribution is -2.17. The van der Waals surface area contributed by atoms with E-state index in [2.05, 4.69) is 0 Å². The van der Waals surface area contributed by atoms with Crippen LogP contribution in [0.5, 0.6) is 0 Å². The van der Waals surface area contributed by atoms with Crippen molar-refractivity contribution < 1.29 is 24.2 Å². The summed E-state index contributed by atoms with van der Waals surface area (Å²) < 4.78 is 9.74. The second kappa shape index (κ2) is 7.08. The smallest absolute Gasteiger partial charge is 0.333 e. The van der Waals surface area contributed by atoms with Crippen LogP contribution in [0, 0.1) is 0 Å². The number of carbonyl (C=O) groups excluding carboxylic acids is 1. The van der Waals surface area contributed by atoms with E-state index in [0.717, 1.165) is 18.6 Å². The molecule has 0 amide bonds. The molecule has 0 bridgehead atoms. The molecule has 0 fully saturated rings. The molecule has 0 spiro atoms. The Morgan fingerprint density at radius 1 is 1.43 bits per heavy atom. The van der Waals surface area contributed by atoms with Crippen molar-refractivity contribution in [1.29, 1.82) is 0 Å². The van der Waals surface area contributed by atoms with E-state index < -0.39 is 18.2 Å². The zero-order valence-electron chi connectivity index (χ0n) is 8.23. The molecule has 0 aliphatic heterocycles. The number of rotatable bonds is 6. The van der Waals surface area contributed by atoms with Crippen molar-refractivity contribution in [1.82, 2.24) is 0 Å². The predicted molar refractivity (Wildman–Crippen MR) is 48.6 cm³/mol. The van der Waals surface area contributed by atoms with Crippen LogP contribution < -0.4 is 0 Å². The number of carboxylic acid groups (broad SMARTS) is 1. The predicted octanol–water partition coefficient (Wildman–Crippen LogP) is 0.943. The highest BCUT2D eigenvalue weighted by Crippen LogP contribution is 1.96. The highest BCUT2D eigenvalue weighted by molar-refractivity contribution is 5.90. The highest BCUT2D eigenvalue weighted by atomic mass is 16.7. The monoisotopic (exact) mass is 202 g/mol. The van der Waals surface area contributed by atoms with Gasteiger partial charge in [0, 0.05) is 12.2 Å². The zero-order valence-corrected chi connectivity index (χ0v) is 8.23. The van der Waals surface area contributed by atoms with E-state index in [0.29, 0.717) is 6.61 Å². The van der Waals surface area contributed by atoms with Crippen LogP contribution in [0.15, 0.2) is 12.2 Å². The van der Waals surface area contributed by atoms with Gasteiger partial charge in [-0.2, -0.15) is 0 Å². The molecule has 0 aromatic rings. The maximum Gasteiger partial charge on any atom is 0.333 e. The summed E-state index contributed by atoms with van der Waals surface area (Å²) in [6, 6.07) is 0. The summed E-state index contributed by atoms with van der Waals surface area (Å²) in [7, 11) is 0. The van der Waals surface area contributed by atoms with E-state index >= 15 is 0 Å². The van der Waals surface area contributed by atoms with Crippen LogP contribution in [-0.4, -0.2) is 29.9 Å². The van der Waals surface area contributed by atoms with Gasteiger partial charge in [0.2, 0.25) is 0 Å². The minimum absolute atomic E-state index is 0.497. The van der Waals surface area contributed by atoms with Crippen LogP contribution in [0.3, 0.4) is 0 Å². The molecule has 1 atom stereocenters. The Balaban J connectivity index is 3.76. The van der Waals surface area contributed by atoms with Crippen LogP contribution in [0.4, 0.5) is 0 Å². The first-order valence-electron chi connectivity index (χ1n) is 4.29. The summed E-state index contributed by atoms with van der Waals surface area (Å²) in [6.07, 6.45) is 1.73. The van der Waals surface area contributed by atoms with Crippen molar-refractivity contribution in [2.45, 2.75) is 26.6 Å². The first kappa shape index (κ1) is 12.6. The molecule has 0 aliphatic rings. The first-order valence-corrected chi connectivity index (χ1v) is 4.29. The normalized spacial score (nSPS) is 12.7. The molecule has 5 nitrogen and oxygen atoms in total. The van der Waals surface area contributed by atoms with E-state index in [1.54, 1.807) is 6.92 Å². The van der Waals surface area contributed by atoms with Gasteiger partial charge in [-0.3, -0.25) is 0 Å². The lowest BCUT2D eigenvalue weighted by atomic mass is 10.5. The van der Waals surface area contributed by atoms with Gasteiger partial charge in [-0.25, -0.2) is 9.59 Å². The van der Waals surface area contributed by atoms with Gasteiger partial charge < -0.3 is 14.6 Å². The van der Waals surface area contributed by atoms with E-state index in [-0.39, 0.29) is 0 Å². The van der Waals surface area contributed by atoms with E-state index in [4.69, 9.17) is 14.6 Å². The van der Waals surface area contributed by atoms with Crippen LogP contribution in [0.2, 0.25) is 0 Å². The number of carbonyl (C=O) groups is 2. The van der Waals surface area contributed by atoms with Gasteiger partial charge in [0.25, 0.3) is 0 Å². The van der Waals surface area contributed by atoms with Crippen LogP contribution in [-0.2, 0) is 19.1 Å². The fourth-order valence-electron chi connectivity index (χ4n) is 0.660.